The molecule has 1 heterocycles. The summed E-state index contributed by atoms with van der Waals surface area (Å²) in [6.07, 6.45) is 7.51. The van der Waals surface area contributed by atoms with Gasteiger partial charge in [0.15, 0.2) is 5.82 Å². The average Bonchev–Trinajstić information content (AvgIpc) is 2.98. The van der Waals surface area contributed by atoms with E-state index >= 15 is 0 Å². The first-order valence-electron chi connectivity index (χ1n) is 6.87. The molecule has 19 heavy (non-hydrogen) atoms. The summed E-state index contributed by atoms with van der Waals surface area (Å²) in [6, 6.07) is 10.6. The minimum Gasteiger partial charge on any atom is -0.335 e. The van der Waals surface area contributed by atoms with Crippen LogP contribution in [0.25, 0.3) is 6.08 Å². The Hall–Kier alpha value is -1.90. The molecule has 3 heteroatoms. The van der Waals surface area contributed by atoms with Crippen LogP contribution in [0.1, 0.15) is 49.4 Å². The Kier molecular flexibility index (Phi) is 3.20. The number of benzene rings is 1. The molecule has 0 spiro atoms. The molecule has 3 nitrogen and oxygen atoms in total. The van der Waals surface area contributed by atoms with Gasteiger partial charge in [-0.1, -0.05) is 61.3 Å². The lowest BCUT2D eigenvalue weighted by Gasteiger charge is -2.34. The van der Waals surface area contributed by atoms with Crippen molar-refractivity contribution in [3.05, 3.63) is 54.2 Å². The molecule has 2 aromatic rings. The molecule has 98 valence electrons. The molecule has 0 saturated heterocycles. The van der Waals surface area contributed by atoms with E-state index in [0.29, 0.717) is 5.89 Å². The lowest BCUT2D eigenvalue weighted by Crippen LogP contribution is -2.31. The van der Waals surface area contributed by atoms with Gasteiger partial charge >= 0.3 is 0 Å². The van der Waals surface area contributed by atoms with Crippen molar-refractivity contribution in [1.82, 2.24) is 10.1 Å². The third kappa shape index (κ3) is 2.09. The molecule has 0 amide bonds. The van der Waals surface area contributed by atoms with E-state index in [9.17, 15) is 0 Å². The zero-order valence-electron chi connectivity index (χ0n) is 11.0. The van der Waals surface area contributed by atoms with Crippen LogP contribution in [0.3, 0.4) is 0 Å². The first-order valence-corrected chi connectivity index (χ1v) is 6.87. The highest BCUT2D eigenvalue weighted by atomic mass is 16.5. The zero-order chi connectivity index (χ0) is 13.1. The normalized spacial score (nSPS) is 18.1. The fraction of sp³-hybridized carbons (Fsp3) is 0.375. The maximum Gasteiger partial charge on any atom is 0.250 e. The van der Waals surface area contributed by atoms with Crippen molar-refractivity contribution >= 4 is 6.08 Å². The topological polar surface area (TPSA) is 38.9 Å². The number of hydrogen-bond acceptors (Lipinski definition) is 3. The molecule has 1 aromatic heterocycles. The quantitative estimate of drug-likeness (QED) is 0.832. The second-order valence-corrected chi connectivity index (χ2v) is 5.17. The number of nitrogens with zero attached hydrogens (tertiary/aromatic N) is 2. The van der Waals surface area contributed by atoms with E-state index in [1.165, 1.54) is 24.8 Å². The van der Waals surface area contributed by atoms with Gasteiger partial charge in [0.25, 0.3) is 0 Å². The second-order valence-electron chi connectivity index (χ2n) is 5.17. The van der Waals surface area contributed by atoms with Crippen LogP contribution in [-0.2, 0) is 5.41 Å². The van der Waals surface area contributed by atoms with Gasteiger partial charge in [0, 0.05) is 0 Å². The van der Waals surface area contributed by atoms with Gasteiger partial charge in [-0.3, -0.25) is 0 Å². The maximum absolute atomic E-state index is 5.23. The average molecular weight is 254 g/mol. The van der Waals surface area contributed by atoms with Crippen LogP contribution >= 0.6 is 0 Å². The van der Waals surface area contributed by atoms with Crippen molar-refractivity contribution in [2.24, 2.45) is 0 Å². The van der Waals surface area contributed by atoms with E-state index in [1.54, 1.807) is 6.08 Å². The smallest absolute Gasteiger partial charge is 0.250 e. The fourth-order valence-corrected chi connectivity index (χ4v) is 3.07. The lowest BCUT2D eigenvalue weighted by atomic mass is 9.69. The first kappa shape index (κ1) is 12.2. The molecule has 0 aliphatic heterocycles. The van der Waals surface area contributed by atoms with E-state index in [2.05, 4.69) is 41.0 Å². The maximum atomic E-state index is 5.23. The van der Waals surface area contributed by atoms with E-state index in [-0.39, 0.29) is 5.41 Å². The Labute approximate surface area is 113 Å². The van der Waals surface area contributed by atoms with Crippen LogP contribution in [0.2, 0.25) is 0 Å². The van der Waals surface area contributed by atoms with E-state index < -0.39 is 0 Å². The van der Waals surface area contributed by atoms with Crippen molar-refractivity contribution in [3.63, 3.8) is 0 Å². The molecule has 0 radical (unpaired) electrons. The van der Waals surface area contributed by atoms with Gasteiger partial charge in [-0.05, 0) is 24.5 Å². The fourth-order valence-electron chi connectivity index (χ4n) is 3.07. The summed E-state index contributed by atoms with van der Waals surface area (Å²) in [4.78, 5) is 4.51. The largest absolute Gasteiger partial charge is 0.335 e. The Balaban J connectivity index is 2.08. The van der Waals surface area contributed by atoms with Crippen LogP contribution in [0, 0.1) is 0 Å². The third-order valence-corrected chi connectivity index (χ3v) is 4.08. The molecule has 0 N–H and O–H groups in total. The van der Waals surface area contributed by atoms with Gasteiger partial charge in [-0.2, -0.15) is 4.98 Å². The highest BCUT2D eigenvalue weighted by Gasteiger charge is 2.39. The Morgan fingerprint density at radius 3 is 2.47 bits per heavy atom. The molecule has 3 rings (SSSR count). The minimum absolute atomic E-state index is 0.0791. The Bertz CT molecular complexity index is 553. The molecule has 1 aliphatic rings. The van der Waals surface area contributed by atoms with Crippen LogP contribution in [0.15, 0.2) is 41.4 Å². The number of hydrogen-bond donors (Lipinski definition) is 0. The van der Waals surface area contributed by atoms with Gasteiger partial charge in [0.1, 0.15) is 0 Å². The van der Waals surface area contributed by atoms with E-state index in [1.807, 2.05) is 6.07 Å². The Morgan fingerprint density at radius 2 is 1.84 bits per heavy atom. The summed E-state index contributed by atoms with van der Waals surface area (Å²) in [5.41, 5.74) is 1.22. The van der Waals surface area contributed by atoms with Crippen LogP contribution in [0.5, 0.6) is 0 Å². The van der Waals surface area contributed by atoms with E-state index in [4.69, 9.17) is 4.52 Å². The van der Waals surface area contributed by atoms with E-state index in [0.717, 1.165) is 18.7 Å². The summed E-state index contributed by atoms with van der Waals surface area (Å²) < 4.78 is 5.23. The van der Waals surface area contributed by atoms with Gasteiger partial charge in [-0.15, -0.1) is 0 Å². The number of aromatic nitrogens is 2. The number of rotatable bonds is 3. The monoisotopic (exact) mass is 254 g/mol. The van der Waals surface area contributed by atoms with Crippen molar-refractivity contribution in [2.45, 2.75) is 37.5 Å². The van der Waals surface area contributed by atoms with Crippen LogP contribution < -0.4 is 0 Å². The van der Waals surface area contributed by atoms with Crippen molar-refractivity contribution in [2.75, 3.05) is 0 Å². The molecular formula is C16H18N2O. The van der Waals surface area contributed by atoms with Crippen LogP contribution in [-0.4, -0.2) is 10.1 Å². The summed E-state index contributed by atoms with van der Waals surface area (Å²) in [6.45, 7) is 3.69. The van der Waals surface area contributed by atoms with Crippen molar-refractivity contribution in [3.8, 4) is 0 Å². The molecule has 0 bridgehead atoms. The summed E-state index contributed by atoms with van der Waals surface area (Å²) in [5.74, 6) is 1.32. The molecule has 0 atom stereocenters. The standard InChI is InChI=1S/C16H18N2O/c1-2-14-17-15(18-19-14)16(11-7-4-8-12-16)13-9-5-3-6-10-13/h2-3,5-6,9-10H,1,4,7-8,11-12H2. The van der Waals surface area contributed by atoms with Gasteiger partial charge in [0.05, 0.1) is 5.41 Å². The predicted octanol–water partition coefficient (Wildman–Crippen LogP) is 3.96. The van der Waals surface area contributed by atoms with Gasteiger partial charge < -0.3 is 4.52 Å². The predicted molar refractivity (Wildman–Crippen MR) is 74.7 cm³/mol. The van der Waals surface area contributed by atoms with Crippen molar-refractivity contribution in [1.29, 1.82) is 0 Å². The summed E-state index contributed by atoms with van der Waals surface area (Å²) in [7, 11) is 0. The molecule has 1 aromatic carbocycles. The van der Waals surface area contributed by atoms with Gasteiger partial charge in [-0.25, -0.2) is 0 Å². The highest BCUT2D eigenvalue weighted by molar-refractivity contribution is 5.37. The Morgan fingerprint density at radius 1 is 1.11 bits per heavy atom. The third-order valence-electron chi connectivity index (χ3n) is 4.08. The molecule has 1 aliphatic carbocycles. The molecule has 1 fully saturated rings. The summed E-state index contributed by atoms with van der Waals surface area (Å²) in [5, 5.41) is 4.20. The van der Waals surface area contributed by atoms with Crippen LogP contribution in [0.4, 0.5) is 0 Å². The molecule has 0 unspecified atom stereocenters. The summed E-state index contributed by atoms with van der Waals surface area (Å²) >= 11 is 0. The zero-order valence-corrected chi connectivity index (χ0v) is 11.0. The minimum atomic E-state index is -0.0791. The lowest BCUT2D eigenvalue weighted by molar-refractivity contribution is 0.312. The van der Waals surface area contributed by atoms with Gasteiger partial charge in [0.2, 0.25) is 5.89 Å². The molecule has 1 saturated carbocycles. The SMILES string of the molecule is C=Cc1nc(C2(c3ccccc3)CCCCC2)no1. The van der Waals surface area contributed by atoms with Crippen molar-refractivity contribution < 1.29 is 4.52 Å². The highest BCUT2D eigenvalue weighted by Crippen LogP contribution is 2.43. The second kappa shape index (κ2) is 5.00. The first-order chi connectivity index (χ1) is 9.35. The molecular weight excluding hydrogens is 236 g/mol.